The molecule has 2 aromatic rings. The summed E-state index contributed by atoms with van der Waals surface area (Å²) < 4.78 is 16.4. The van der Waals surface area contributed by atoms with Gasteiger partial charge in [-0.25, -0.2) is 0 Å². The van der Waals surface area contributed by atoms with E-state index in [9.17, 15) is 19.7 Å². The molecule has 1 N–H and O–H groups in total. The molecule has 0 amide bonds. The molecule has 1 unspecified atom stereocenters. The molecular formula is C28H33N3O7. The zero-order valence-electron chi connectivity index (χ0n) is 22.1. The summed E-state index contributed by atoms with van der Waals surface area (Å²) in [6.45, 7) is 5.00. The van der Waals surface area contributed by atoms with Crippen molar-refractivity contribution in [3.63, 3.8) is 0 Å². The summed E-state index contributed by atoms with van der Waals surface area (Å²) in [4.78, 5) is 36.7. The quantitative estimate of drug-likeness (QED) is 0.212. The molecule has 0 saturated heterocycles. The monoisotopic (exact) mass is 523 g/mol. The van der Waals surface area contributed by atoms with Gasteiger partial charge in [0.15, 0.2) is 0 Å². The first-order chi connectivity index (χ1) is 18.1. The molecular weight excluding hydrogens is 490 g/mol. The predicted molar refractivity (Wildman–Crippen MR) is 142 cm³/mol. The number of nitrogens with zero attached hydrogens (tertiary/aromatic N) is 2. The molecule has 0 aromatic heterocycles. The van der Waals surface area contributed by atoms with Crippen molar-refractivity contribution >= 4 is 29.4 Å². The van der Waals surface area contributed by atoms with Gasteiger partial charge in [0.05, 0.1) is 31.1 Å². The Morgan fingerprint density at radius 2 is 1.84 bits per heavy atom. The maximum Gasteiger partial charge on any atom is 0.319 e. The van der Waals surface area contributed by atoms with E-state index < -0.39 is 22.0 Å². The lowest BCUT2D eigenvalue weighted by Gasteiger charge is -2.47. The third-order valence-corrected chi connectivity index (χ3v) is 7.35. The van der Waals surface area contributed by atoms with Crippen LogP contribution in [0, 0.1) is 10.1 Å². The van der Waals surface area contributed by atoms with Crippen molar-refractivity contribution in [3.8, 4) is 5.75 Å². The SMILES string of the molecule is COC(=O)CCCCN1c2ccccc2C(C)(C)C12C=Cc1cc([N+](=O)[O-])cc(CNCC(=O)OC)c1O2. The number of benzene rings is 2. The third-order valence-electron chi connectivity index (χ3n) is 7.35. The number of non-ortho nitro benzene ring substituents is 1. The second-order valence-electron chi connectivity index (χ2n) is 9.92. The van der Waals surface area contributed by atoms with E-state index in [1.54, 1.807) is 0 Å². The number of ether oxygens (including phenoxy) is 3. The molecule has 1 atom stereocenters. The van der Waals surface area contributed by atoms with Gasteiger partial charge in [-0.05, 0) is 50.5 Å². The number of methoxy groups -OCH3 is 2. The fourth-order valence-electron chi connectivity index (χ4n) is 5.30. The molecule has 1 spiro atoms. The first kappa shape index (κ1) is 27.1. The molecule has 2 heterocycles. The fourth-order valence-corrected chi connectivity index (χ4v) is 5.30. The van der Waals surface area contributed by atoms with E-state index in [4.69, 9.17) is 14.2 Å². The standard InChI is InChI=1S/C28H33N3O7/c1-27(2)22-9-5-6-10-23(22)30(14-8-7-11-24(32)36-3)28(27)13-12-19-15-21(31(34)35)16-20(26(19)38-28)17-29-18-25(33)37-4/h5-6,9-10,12-13,15-16,29H,7-8,11,14,17-18H2,1-4H3. The minimum absolute atomic E-state index is 0.0435. The number of fused-ring (bicyclic) bond motifs is 2. The second-order valence-corrected chi connectivity index (χ2v) is 9.92. The number of anilines is 1. The van der Waals surface area contributed by atoms with Crippen LogP contribution in [0.2, 0.25) is 0 Å². The van der Waals surface area contributed by atoms with Gasteiger partial charge >= 0.3 is 11.9 Å². The van der Waals surface area contributed by atoms with Crippen LogP contribution in [0.5, 0.6) is 5.75 Å². The molecule has 2 aliphatic rings. The Balaban J connectivity index is 1.72. The molecule has 0 fully saturated rings. The fraction of sp³-hybridized carbons (Fsp3) is 0.429. The Kier molecular flexibility index (Phi) is 7.73. The van der Waals surface area contributed by atoms with Gasteiger partial charge in [-0.1, -0.05) is 18.2 Å². The Bertz CT molecular complexity index is 1270. The smallest absolute Gasteiger partial charge is 0.319 e. The van der Waals surface area contributed by atoms with Gasteiger partial charge in [0, 0.05) is 48.5 Å². The average Bonchev–Trinajstić information content (AvgIpc) is 3.09. The van der Waals surface area contributed by atoms with Crippen molar-refractivity contribution in [1.29, 1.82) is 0 Å². The Morgan fingerprint density at radius 1 is 1.11 bits per heavy atom. The molecule has 10 heteroatoms. The van der Waals surface area contributed by atoms with E-state index in [1.807, 2.05) is 24.3 Å². The highest BCUT2D eigenvalue weighted by molar-refractivity contribution is 5.74. The number of carbonyl (C=O) groups is 2. The molecule has 0 saturated carbocycles. The lowest BCUT2D eigenvalue weighted by atomic mass is 9.76. The highest BCUT2D eigenvalue weighted by atomic mass is 16.6. The third kappa shape index (κ3) is 4.83. The molecule has 4 rings (SSSR count). The normalized spacial score (nSPS) is 18.5. The van der Waals surface area contributed by atoms with E-state index in [1.165, 1.54) is 26.4 Å². The first-order valence-electron chi connectivity index (χ1n) is 12.6. The minimum atomic E-state index is -0.914. The molecule has 0 aliphatic carbocycles. The number of para-hydroxylation sites is 1. The van der Waals surface area contributed by atoms with Crippen LogP contribution in [-0.2, 0) is 31.0 Å². The summed E-state index contributed by atoms with van der Waals surface area (Å²) in [5, 5.41) is 14.6. The molecule has 202 valence electrons. The summed E-state index contributed by atoms with van der Waals surface area (Å²) in [5.41, 5.74) is 1.86. The summed E-state index contributed by atoms with van der Waals surface area (Å²) in [5.74, 6) is -0.154. The van der Waals surface area contributed by atoms with E-state index in [0.717, 1.165) is 17.7 Å². The summed E-state index contributed by atoms with van der Waals surface area (Å²) in [6, 6.07) is 11.1. The van der Waals surface area contributed by atoms with Gasteiger partial charge in [0.25, 0.3) is 5.69 Å². The van der Waals surface area contributed by atoms with E-state index in [2.05, 4.69) is 36.2 Å². The number of hydrogen-bond donors (Lipinski definition) is 1. The number of hydrogen-bond acceptors (Lipinski definition) is 9. The van der Waals surface area contributed by atoms with Crippen LogP contribution < -0.4 is 15.0 Å². The molecule has 38 heavy (non-hydrogen) atoms. The van der Waals surface area contributed by atoms with Crippen LogP contribution in [0.15, 0.2) is 42.5 Å². The Morgan fingerprint density at radius 3 is 2.55 bits per heavy atom. The molecule has 10 nitrogen and oxygen atoms in total. The van der Waals surface area contributed by atoms with Crippen LogP contribution in [0.4, 0.5) is 11.4 Å². The maximum atomic E-state index is 11.6. The number of rotatable bonds is 10. The van der Waals surface area contributed by atoms with Gasteiger partial charge in [-0.15, -0.1) is 0 Å². The number of esters is 2. The predicted octanol–water partition coefficient (Wildman–Crippen LogP) is 4.10. The number of nitrogens with one attached hydrogen (secondary N) is 1. The molecule has 0 bridgehead atoms. The maximum absolute atomic E-state index is 11.6. The molecule has 2 aromatic carbocycles. The Hall–Kier alpha value is -3.92. The van der Waals surface area contributed by atoms with Crippen molar-refractivity contribution in [2.45, 2.75) is 50.8 Å². The lowest BCUT2D eigenvalue weighted by Crippen LogP contribution is -2.59. The summed E-state index contributed by atoms with van der Waals surface area (Å²) in [7, 11) is 2.69. The van der Waals surface area contributed by atoms with E-state index in [0.29, 0.717) is 36.3 Å². The highest BCUT2D eigenvalue weighted by Crippen LogP contribution is 2.55. The Labute approximate surface area is 221 Å². The van der Waals surface area contributed by atoms with Gasteiger partial charge < -0.3 is 24.4 Å². The zero-order valence-corrected chi connectivity index (χ0v) is 22.1. The van der Waals surface area contributed by atoms with E-state index in [-0.39, 0.29) is 24.7 Å². The lowest BCUT2D eigenvalue weighted by molar-refractivity contribution is -0.385. The van der Waals surface area contributed by atoms with Crippen LogP contribution in [0.25, 0.3) is 6.08 Å². The van der Waals surface area contributed by atoms with E-state index >= 15 is 0 Å². The average molecular weight is 524 g/mol. The summed E-state index contributed by atoms with van der Waals surface area (Å²) >= 11 is 0. The summed E-state index contributed by atoms with van der Waals surface area (Å²) in [6.07, 6.45) is 5.59. The van der Waals surface area contributed by atoms with Crippen LogP contribution >= 0.6 is 0 Å². The topological polar surface area (TPSA) is 120 Å². The van der Waals surface area contributed by atoms with Crippen molar-refractivity contribution in [2.24, 2.45) is 0 Å². The first-order valence-corrected chi connectivity index (χ1v) is 12.6. The number of carbonyl (C=O) groups excluding carboxylic acids is 2. The molecule has 0 radical (unpaired) electrons. The largest absolute Gasteiger partial charge is 0.469 e. The second kappa shape index (κ2) is 10.8. The van der Waals surface area contributed by atoms with Gasteiger partial charge in [0.1, 0.15) is 5.75 Å². The zero-order chi connectivity index (χ0) is 27.5. The highest BCUT2D eigenvalue weighted by Gasteiger charge is 2.58. The minimum Gasteiger partial charge on any atom is -0.469 e. The van der Waals surface area contributed by atoms with Gasteiger partial charge in [-0.2, -0.15) is 0 Å². The van der Waals surface area contributed by atoms with Crippen LogP contribution in [0.1, 0.15) is 49.8 Å². The molecule has 2 aliphatic heterocycles. The van der Waals surface area contributed by atoms with Gasteiger partial charge in [0.2, 0.25) is 5.72 Å². The van der Waals surface area contributed by atoms with Crippen molar-refractivity contribution in [1.82, 2.24) is 5.32 Å². The van der Waals surface area contributed by atoms with Crippen molar-refractivity contribution in [2.75, 3.05) is 32.2 Å². The van der Waals surface area contributed by atoms with Gasteiger partial charge in [-0.3, -0.25) is 19.7 Å². The van der Waals surface area contributed by atoms with Crippen LogP contribution in [0.3, 0.4) is 0 Å². The van der Waals surface area contributed by atoms with Crippen molar-refractivity contribution < 1.29 is 28.7 Å². The number of nitro groups is 1. The van der Waals surface area contributed by atoms with Crippen molar-refractivity contribution in [3.05, 3.63) is 69.3 Å². The number of nitro benzene ring substituents is 1. The number of unbranched alkanes of at least 4 members (excludes halogenated alkanes) is 1. The van der Waals surface area contributed by atoms with Crippen LogP contribution in [-0.4, -0.2) is 49.9 Å².